The average Bonchev–Trinajstić information content (AvgIpc) is 2.39. The van der Waals surface area contributed by atoms with Crippen molar-refractivity contribution in [3.63, 3.8) is 0 Å². The molecule has 104 valence electrons. The van der Waals surface area contributed by atoms with E-state index in [0.717, 1.165) is 16.3 Å². The number of carbonyl (C=O) groups is 1. The van der Waals surface area contributed by atoms with E-state index in [1.54, 1.807) is 25.3 Å². The van der Waals surface area contributed by atoms with Crippen molar-refractivity contribution in [3.05, 3.63) is 62.4 Å². The monoisotopic (exact) mass is 274 g/mol. The van der Waals surface area contributed by atoms with Crippen molar-refractivity contribution in [2.75, 3.05) is 7.11 Å². The molecule has 2 rings (SSSR count). The minimum Gasteiger partial charge on any atom is -0.380 e. The molecule has 6 nitrogen and oxygen atoms in total. The summed E-state index contributed by atoms with van der Waals surface area (Å²) in [6.07, 6.45) is 1.14. The molecule has 0 aliphatic heterocycles. The number of ether oxygens (including phenoxy) is 1. The molecular formula is C14H14N2O4. The summed E-state index contributed by atoms with van der Waals surface area (Å²) in [6, 6.07) is 6.83. The second kappa shape index (κ2) is 5.66. The standard InChI is InChI=1S/C14H14N2O4/c1-9(17)12-7-15-14(19)16(13(12)18)11-5-3-4-10(6-11)8-20-2/h3-7H,8H2,1-2H3,(H,15,19). The normalized spacial score (nSPS) is 10.5. The molecule has 0 amide bonds. The van der Waals surface area contributed by atoms with Gasteiger partial charge in [0.15, 0.2) is 5.78 Å². The molecule has 1 aromatic carbocycles. The summed E-state index contributed by atoms with van der Waals surface area (Å²) in [5.41, 5.74) is -0.0504. The molecule has 0 unspecified atom stereocenters. The largest absolute Gasteiger partial charge is 0.380 e. The number of ketones is 1. The van der Waals surface area contributed by atoms with Gasteiger partial charge in [0.1, 0.15) is 0 Å². The summed E-state index contributed by atoms with van der Waals surface area (Å²) in [5.74, 6) is -0.395. The summed E-state index contributed by atoms with van der Waals surface area (Å²) in [5, 5.41) is 0. The van der Waals surface area contributed by atoms with Gasteiger partial charge in [-0.05, 0) is 24.6 Å². The molecule has 0 saturated carbocycles. The van der Waals surface area contributed by atoms with Crippen LogP contribution >= 0.6 is 0 Å². The van der Waals surface area contributed by atoms with E-state index < -0.39 is 17.0 Å². The van der Waals surface area contributed by atoms with Crippen LogP contribution in [0.15, 0.2) is 40.1 Å². The summed E-state index contributed by atoms with van der Waals surface area (Å²) in [4.78, 5) is 37.8. The number of H-pyrrole nitrogens is 1. The fraction of sp³-hybridized carbons (Fsp3) is 0.214. The number of nitrogens with one attached hydrogen (secondary N) is 1. The van der Waals surface area contributed by atoms with Crippen molar-refractivity contribution >= 4 is 5.78 Å². The van der Waals surface area contributed by atoms with Gasteiger partial charge in [0, 0.05) is 13.3 Å². The van der Waals surface area contributed by atoms with E-state index in [1.807, 2.05) is 6.07 Å². The maximum Gasteiger partial charge on any atom is 0.333 e. The minimum atomic E-state index is -0.629. The molecule has 0 bridgehead atoms. The lowest BCUT2D eigenvalue weighted by atomic mass is 10.2. The molecule has 0 aliphatic carbocycles. The fourth-order valence-corrected chi connectivity index (χ4v) is 1.91. The van der Waals surface area contributed by atoms with E-state index in [9.17, 15) is 14.4 Å². The van der Waals surface area contributed by atoms with Gasteiger partial charge in [-0.2, -0.15) is 0 Å². The van der Waals surface area contributed by atoms with Crippen LogP contribution in [0.25, 0.3) is 5.69 Å². The number of hydrogen-bond acceptors (Lipinski definition) is 4. The van der Waals surface area contributed by atoms with Crippen LogP contribution < -0.4 is 11.2 Å². The van der Waals surface area contributed by atoms with Gasteiger partial charge in [-0.3, -0.25) is 9.59 Å². The first-order chi connectivity index (χ1) is 9.54. The Kier molecular flexibility index (Phi) is 3.95. The Morgan fingerprint density at radius 1 is 1.35 bits per heavy atom. The lowest BCUT2D eigenvalue weighted by Crippen LogP contribution is -2.36. The quantitative estimate of drug-likeness (QED) is 0.839. The molecule has 2 aromatic rings. The third-order valence-electron chi connectivity index (χ3n) is 2.84. The fourth-order valence-electron chi connectivity index (χ4n) is 1.91. The molecule has 6 heteroatoms. The molecular weight excluding hydrogens is 260 g/mol. The predicted octanol–water partition coefficient (Wildman–Crippen LogP) is 0.875. The molecule has 0 aliphatic rings. The molecule has 0 spiro atoms. The summed E-state index contributed by atoms with van der Waals surface area (Å²) in [7, 11) is 1.56. The van der Waals surface area contributed by atoms with Gasteiger partial charge < -0.3 is 9.72 Å². The van der Waals surface area contributed by atoms with Gasteiger partial charge >= 0.3 is 5.69 Å². The van der Waals surface area contributed by atoms with E-state index in [1.165, 1.54) is 6.92 Å². The van der Waals surface area contributed by atoms with Gasteiger partial charge in [0.2, 0.25) is 0 Å². The van der Waals surface area contributed by atoms with Crippen LogP contribution in [0.1, 0.15) is 22.8 Å². The Morgan fingerprint density at radius 3 is 2.75 bits per heavy atom. The zero-order valence-electron chi connectivity index (χ0n) is 11.2. The predicted molar refractivity (Wildman–Crippen MR) is 73.4 cm³/mol. The second-order valence-electron chi connectivity index (χ2n) is 4.31. The lowest BCUT2D eigenvalue weighted by molar-refractivity contribution is 0.101. The van der Waals surface area contributed by atoms with Crippen LogP contribution in [-0.4, -0.2) is 22.4 Å². The first kappa shape index (κ1) is 14.0. The van der Waals surface area contributed by atoms with Crippen molar-refractivity contribution in [1.82, 2.24) is 9.55 Å². The number of Topliss-reactive ketones (excluding diaryl/α,β-unsaturated/α-hetero) is 1. The highest BCUT2D eigenvalue weighted by molar-refractivity contribution is 5.93. The number of methoxy groups -OCH3 is 1. The van der Waals surface area contributed by atoms with Gasteiger partial charge in [0.25, 0.3) is 5.56 Å². The molecule has 0 radical (unpaired) electrons. The van der Waals surface area contributed by atoms with E-state index in [0.29, 0.717) is 12.3 Å². The molecule has 1 aromatic heterocycles. The molecule has 1 heterocycles. The number of aromatic nitrogens is 2. The van der Waals surface area contributed by atoms with Gasteiger partial charge in [-0.25, -0.2) is 9.36 Å². The van der Waals surface area contributed by atoms with Gasteiger partial charge in [-0.1, -0.05) is 12.1 Å². The van der Waals surface area contributed by atoms with Crippen molar-refractivity contribution in [1.29, 1.82) is 0 Å². The van der Waals surface area contributed by atoms with Crippen LogP contribution in [0.2, 0.25) is 0 Å². The lowest BCUT2D eigenvalue weighted by Gasteiger charge is -2.07. The third-order valence-corrected chi connectivity index (χ3v) is 2.84. The van der Waals surface area contributed by atoms with E-state index in [-0.39, 0.29) is 5.56 Å². The molecule has 0 atom stereocenters. The van der Waals surface area contributed by atoms with Crippen LogP contribution in [0.4, 0.5) is 0 Å². The zero-order chi connectivity index (χ0) is 14.7. The number of aromatic amines is 1. The van der Waals surface area contributed by atoms with Crippen molar-refractivity contribution < 1.29 is 9.53 Å². The summed E-state index contributed by atoms with van der Waals surface area (Å²) >= 11 is 0. The van der Waals surface area contributed by atoms with Crippen molar-refractivity contribution in [2.45, 2.75) is 13.5 Å². The maximum atomic E-state index is 12.2. The Labute approximate surface area is 114 Å². The topological polar surface area (TPSA) is 81.2 Å². The van der Waals surface area contributed by atoms with E-state index >= 15 is 0 Å². The van der Waals surface area contributed by atoms with Crippen LogP contribution in [0, 0.1) is 0 Å². The van der Waals surface area contributed by atoms with Crippen molar-refractivity contribution in [2.24, 2.45) is 0 Å². The smallest absolute Gasteiger partial charge is 0.333 e. The second-order valence-corrected chi connectivity index (χ2v) is 4.31. The summed E-state index contributed by atoms with van der Waals surface area (Å²) < 4.78 is 5.95. The number of benzene rings is 1. The molecule has 20 heavy (non-hydrogen) atoms. The SMILES string of the molecule is COCc1cccc(-n2c(=O)[nH]cc(C(C)=O)c2=O)c1. The highest BCUT2D eigenvalue weighted by atomic mass is 16.5. The van der Waals surface area contributed by atoms with Crippen molar-refractivity contribution in [3.8, 4) is 5.69 Å². The Balaban J connectivity index is 2.66. The number of nitrogens with zero attached hydrogens (tertiary/aromatic N) is 1. The molecule has 1 N–H and O–H groups in total. The van der Waals surface area contributed by atoms with Gasteiger partial charge in [0.05, 0.1) is 17.9 Å². The van der Waals surface area contributed by atoms with Crippen LogP contribution in [0.5, 0.6) is 0 Å². The molecule has 0 saturated heterocycles. The number of hydrogen-bond donors (Lipinski definition) is 1. The van der Waals surface area contributed by atoms with Crippen LogP contribution in [-0.2, 0) is 11.3 Å². The highest BCUT2D eigenvalue weighted by Crippen LogP contribution is 2.08. The Bertz CT molecular complexity index is 758. The van der Waals surface area contributed by atoms with E-state index in [2.05, 4.69) is 4.98 Å². The minimum absolute atomic E-state index is 0.0539. The first-order valence-corrected chi connectivity index (χ1v) is 5.98. The summed E-state index contributed by atoms with van der Waals surface area (Å²) in [6.45, 7) is 1.65. The maximum absolute atomic E-state index is 12.2. The van der Waals surface area contributed by atoms with E-state index in [4.69, 9.17) is 4.74 Å². The number of carbonyl (C=O) groups excluding carboxylic acids is 1. The Morgan fingerprint density at radius 2 is 2.10 bits per heavy atom. The first-order valence-electron chi connectivity index (χ1n) is 5.98. The highest BCUT2D eigenvalue weighted by Gasteiger charge is 2.12. The Hall–Kier alpha value is -2.47. The third kappa shape index (κ3) is 2.60. The molecule has 0 fully saturated rings. The van der Waals surface area contributed by atoms with Crippen LogP contribution in [0.3, 0.4) is 0 Å². The average molecular weight is 274 g/mol. The zero-order valence-corrected chi connectivity index (χ0v) is 11.2. The number of rotatable bonds is 4. The van der Waals surface area contributed by atoms with Gasteiger partial charge in [-0.15, -0.1) is 0 Å².